The van der Waals surface area contributed by atoms with Gasteiger partial charge in [0, 0.05) is 17.7 Å². The highest BCUT2D eigenvalue weighted by atomic mass is 35.5. The number of hydrogen-bond donors (Lipinski definition) is 0. The summed E-state index contributed by atoms with van der Waals surface area (Å²) in [5.41, 5.74) is 11.6. The molecule has 1 saturated heterocycles. The van der Waals surface area contributed by atoms with Gasteiger partial charge in [0.25, 0.3) is 0 Å². The molecule has 310 valence electrons. The van der Waals surface area contributed by atoms with Crippen molar-refractivity contribution >= 4 is 70.6 Å². The monoisotopic (exact) mass is 914 g/mol. The third kappa shape index (κ3) is 11.5. The van der Waals surface area contributed by atoms with Gasteiger partial charge >= 0.3 is 7.12 Å². The van der Waals surface area contributed by atoms with Crippen LogP contribution in [0.2, 0.25) is 26.0 Å². The fourth-order valence-corrected chi connectivity index (χ4v) is 7.67. The number of aromatic nitrogens is 4. The Morgan fingerprint density at radius 3 is 1.10 bits per heavy atom. The third-order valence-corrected chi connectivity index (χ3v) is 11.4. The molecule has 0 amide bonds. The van der Waals surface area contributed by atoms with E-state index in [9.17, 15) is 0 Å². The molecule has 3 heterocycles. The van der Waals surface area contributed by atoms with Crippen LogP contribution in [0.15, 0.2) is 170 Å². The van der Waals surface area contributed by atoms with Crippen molar-refractivity contribution in [3.05, 3.63) is 196 Å². The fourth-order valence-electron chi connectivity index (χ4n) is 6.57. The average Bonchev–Trinajstić information content (AvgIpc) is 3.49. The summed E-state index contributed by atoms with van der Waals surface area (Å²) < 4.78 is 12.3. The third-order valence-electron chi connectivity index (χ3n) is 10.5. The zero-order chi connectivity index (χ0) is 43.9. The van der Waals surface area contributed by atoms with E-state index in [0.29, 0.717) is 10.8 Å². The van der Waals surface area contributed by atoms with E-state index >= 15 is 0 Å². The summed E-state index contributed by atoms with van der Waals surface area (Å²) in [5.74, 6) is 0. The minimum absolute atomic E-state index is 0.0625. The maximum Gasteiger partial charge on any atom is 0.494 e. The summed E-state index contributed by atoms with van der Waals surface area (Å²) in [5, 5.41) is 1.04. The SMILES string of the molecule is CC1(C)OB(c2ccc(-c3cccc(-c4ccccc4)c3)cc2)OC1(C)C.Clc1cc(-c2ccc(-c3cccc(-c4ccccc4)c3)cc2)nc(Cl)n1.Clc1cc(Cl)nc(Cl)n1. The highest BCUT2D eigenvalue weighted by Crippen LogP contribution is 2.37. The highest BCUT2D eigenvalue weighted by Gasteiger charge is 2.51. The average molecular weight is 917 g/mol. The second kappa shape index (κ2) is 20.0. The largest absolute Gasteiger partial charge is 0.494 e. The molecule has 9 rings (SSSR count). The van der Waals surface area contributed by atoms with Crippen LogP contribution in [-0.2, 0) is 9.31 Å². The van der Waals surface area contributed by atoms with Crippen molar-refractivity contribution in [1.82, 2.24) is 19.9 Å². The van der Waals surface area contributed by atoms with Crippen LogP contribution in [0.25, 0.3) is 55.8 Å². The molecule has 6 nitrogen and oxygen atoms in total. The molecule has 1 aliphatic rings. The van der Waals surface area contributed by atoms with E-state index in [0.717, 1.165) is 22.2 Å². The van der Waals surface area contributed by atoms with Gasteiger partial charge in [-0.25, -0.2) is 19.9 Å². The van der Waals surface area contributed by atoms with E-state index in [4.69, 9.17) is 67.3 Å². The maximum atomic E-state index is 6.15. The van der Waals surface area contributed by atoms with Crippen LogP contribution in [0.4, 0.5) is 0 Å². The molecule has 8 aromatic rings. The molecule has 0 spiro atoms. The first-order valence-electron chi connectivity index (χ1n) is 19.7. The van der Waals surface area contributed by atoms with Crippen molar-refractivity contribution in [2.45, 2.75) is 38.9 Å². The first kappa shape index (κ1) is 45.0. The Labute approximate surface area is 388 Å². The van der Waals surface area contributed by atoms with Gasteiger partial charge in [-0.2, -0.15) is 0 Å². The van der Waals surface area contributed by atoms with E-state index in [2.05, 4.69) is 181 Å². The summed E-state index contributed by atoms with van der Waals surface area (Å²) in [4.78, 5) is 15.3. The Hall–Kier alpha value is -5.09. The van der Waals surface area contributed by atoms with E-state index in [1.54, 1.807) is 6.07 Å². The molecular weight excluding hydrogens is 877 g/mol. The molecule has 62 heavy (non-hydrogen) atoms. The zero-order valence-electron chi connectivity index (χ0n) is 34.2. The lowest BCUT2D eigenvalue weighted by Crippen LogP contribution is -2.41. The van der Waals surface area contributed by atoms with Gasteiger partial charge < -0.3 is 9.31 Å². The van der Waals surface area contributed by atoms with E-state index in [1.807, 2.05) is 24.3 Å². The van der Waals surface area contributed by atoms with Gasteiger partial charge in [-0.1, -0.05) is 180 Å². The molecule has 1 aliphatic heterocycles. The molecule has 2 aromatic heterocycles. The highest BCUT2D eigenvalue weighted by molar-refractivity contribution is 6.62. The normalized spacial score (nSPS) is 13.7. The Kier molecular flexibility index (Phi) is 14.5. The molecule has 0 bridgehead atoms. The number of halogens is 5. The predicted molar refractivity (Wildman–Crippen MR) is 258 cm³/mol. The molecule has 12 heteroatoms. The number of benzene rings is 6. The lowest BCUT2D eigenvalue weighted by atomic mass is 9.78. The van der Waals surface area contributed by atoms with Gasteiger partial charge in [-0.3, -0.25) is 0 Å². The quantitative estimate of drug-likeness (QED) is 0.0940. The second-order valence-corrected chi connectivity index (χ2v) is 17.1. The van der Waals surface area contributed by atoms with Gasteiger partial charge in [-0.05, 0) is 113 Å². The molecule has 0 saturated carbocycles. The van der Waals surface area contributed by atoms with Crippen LogP contribution in [-0.4, -0.2) is 38.3 Å². The van der Waals surface area contributed by atoms with Crippen molar-refractivity contribution in [3.8, 4) is 55.8 Å². The lowest BCUT2D eigenvalue weighted by Gasteiger charge is -2.32. The summed E-state index contributed by atoms with van der Waals surface area (Å²) in [6, 6.07) is 57.8. The first-order valence-corrected chi connectivity index (χ1v) is 21.6. The van der Waals surface area contributed by atoms with Gasteiger partial charge in [0.2, 0.25) is 10.6 Å². The fraction of sp³-hybridized carbons (Fsp3) is 0.120. The van der Waals surface area contributed by atoms with Crippen molar-refractivity contribution < 1.29 is 9.31 Å². The molecule has 0 aliphatic carbocycles. The molecule has 6 aromatic carbocycles. The van der Waals surface area contributed by atoms with Crippen LogP contribution in [0.3, 0.4) is 0 Å². The smallest absolute Gasteiger partial charge is 0.399 e. The Balaban J connectivity index is 0.000000156. The van der Waals surface area contributed by atoms with Crippen molar-refractivity contribution in [3.63, 3.8) is 0 Å². The number of nitrogens with zero attached hydrogens (tertiary/aromatic N) is 4. The van der Waals surface area contributed by atoms with E-state index < -0.39 is 0 Å². The van der Waals surface area contributed by atoms with Gasteiger partial charge in [0.05, 0.1) is 16.9 Å². The Bertz CT molecular complexity index is 2670. The molecule has 0 unspecified atom stereocenters. The molecule has 0 atom stereocenters. The topological polar surface area (TPSA) is 70.0 Å². The van der Waals surface area contributed by atoms with Gasteiger partial charge in [0.1, 0.15) is 15.5 Å². The minimum Gasteiger partial charge on any atom is -0.399 e. The Morgan fingerprint density at radius 1 is 0.355 bits per heavy atom. The molecular formula is C50H40BCl5N4O2. The van der Waals surface area contributed by atoms with Crippen molar-refractivity contribution in [2.75, 3.05) is 0 Å². The van der Waals surface area contributed by atoms with Crippen molar-refractivity contribution in [2.24, 2.45) is 0 Å². The number of rotatable bonds is 6. The lowest BCUT2D eigenvalue weighted by molar-refractivity contribution is 0.00578. The minimum atomic E-state index is -0.320. The predicted octanol–water partition coefficient (Wildman–Crippen LogP) is 14.5. The van der Waals surface area contributed by atoms with Crippen LogP contribution >= 0.6 is 58.0 Å². The van der Waals surface area contributed by atoms with Crippen LogP contribution in [0, 0.1) is 0 Å². The Morgan fingerprint density at radius 2 is 0.694 bits per heavy atom. The molecule has 0 N–H and O–H groups in total. The molecule has 0 radical (unpaired) electrons. The zero-order valence-corrected chi connectivity index (χ0v) is 38.0. The van der Waals surface area contributed by atoms with Crippen LogP contribution in [0.5, 0.6) is 0 Å². The first-order chi connectivity index (χ1) is 29.7. The van der Waals surface area contributed by atoms with Crippen molar-refractivity contribution in [1.29, 1.82) is 0 Å². The van der Waals surface area contributed by atoms with Crippen LogP contribution in [0.1, 0.15) is 27.7 Å². The van der Waals surface area contributed by atoms with E-state index in [-0.39, 0.29) is 39.2 Å². The summed E-state index contributed by atoms with van der Waals surface area (Å²) in [6.45, 7) is 8.32. The van der Waals surface area contributed by atoms with Gasteiger partial charge in [-0.15, -0.1) is 0 Å². The summed E-state index contributed by atoms with van der Waals surface area (Å²) >= 11 is 28.1. The summed E-state index contributed by atoms with van der Waals surface area (Å²) in [7, 11) is -0.320. The standard InChI is InChI=1S/C24H25BO2.C22H14Cl2N2.C4HCl3N2/c1-23(2)24(3,4)27-25(26-23)22-15-13-19(14-16-22)21-12-8-11-20(17-21)18-9-6-5-7-10-18;23-21-14-20(25-22(24)26-21)17-11-9-16(10-12-17)19-8-4-7-18(13-19)15-5-2-1-3-6-15;5-2-1-3(6)9-4(7)8-2/h5-17H,1-4H3;1-14H;1H. The van der Waals surface area contributed by atoms with Crippen LogP contribution < -0.4 is 5.46 Å². The molecule has 1 fully saturated rings. The maximum absolute atomic E-state index is 6.15. The van der Waals surface area contributed by atoms with E-state index in [1.165, 1.54) is 39.4 Å². The summed E-state index contributed by atoms with van der Waals surface area (Å²) in [6.07, 6.45) is 0. The second-order valence-electron chi connectivity index (χ2n) is 15.3. The van der Waals surface area contributed by atoms with Gasteiger partial charge in [0.15, 0.2) is 0 Å². The number of hydrogen-bond acceptors (Lipinski definition) is 6.